The fourth-order valence-electron chi connectivity index (χ4n) is 3.13. The summed E-state index contributed by atoms with van der Waals surface area (Å²) < 4.78 is 18.9. The summed E-state index contributed by atoms with van der Waals surface area (Å²) in [6.07, 6.45) is 1.64. The minimum absolute atomic E-state index is 0.203. The predicted octanol–water partition coefficient (Wildman–Crippen LogP) is 1.58. The molecule has 2 saturated heterocycles. The number of halogens is 1. The van der Waals surface area contributed by atoms with E-state index in [2.05, 4.69) is 0 Å². The van der Waals surface area contributed by atoms with E-state index >= 15 is 0 Å². The monoisotopic (exact) mass is 279 g/mol. The van der Waals surface area contributed by atoms with Crippen LogP contribution in [0.1, 0.15) is 29.6 Å². The SMILES string of the molecule is O=C(c1cccc(F)c1)N1CC[C@H](O)[C@]2(CCCO2)C1. The zero-order valence-electron chi connectivity index (χ0n) is 11.2. The minimum Gasteiger partial charge on any atom is -0.390 e. The lowest BCUT2D eigenvalue weighted by molar-refractivity contribution is -0.124. The van der Waals surface area contributed by atoms with Gasteiger partial charge in [-0.15, -0.1) is 0 Å². The number of carbonyl (C=O) groups excluding carboxylic acids is 1. The van der Waals surface area contributed by atoms with Crippen molar-refractivity contribution in [3.8, 4) is 0 Å². The van der Waals surface area contributed by atoms with Gasteiger partial charge in [0.1, 0.15) is 11.4 Å². The number of aliphatic hydroxyl groups excluding tert-OH is 1. The van der Waals surface area contributed by atoms with Gasteiger partial charge in [0.05, 0.1) is 12.6 Å². The second kappa shape index (κ2) is 5.14. The van der Waals surface area contributed by atoms with Gasteiger partial charge in [-0.05, 0) is 37.5 Å². The summed E-state index contributed by atoms with van der Waals surface area (Å²) in [6, 6.07) is 5.70. The van der Waals surface area contributed by atoms with Crippen LogP contribution in [0.3, 0.4) is 0 Å². The van der Waals surface area contributed by atoms with Crippen LogP contribution < -0.4 is 0 Å². The molecular formula is C15H18FNO3. The lowest BCUT2D eigenvalue weighted by atomic mass is 9.87. The molecule has 0 aliphatic carbocycles. The first kappa shape index (κ1) is 13.5. The fourth-order valence-corrected chi connectivity index (χ4v) is 3.13. The van der Waals surface area contributed by atoms with Crippen molar-refractivity contribution in [2.24, 2.45) is 0 Å². The highest BCUT2D eigenvalue weighted by atomic mass is 19.1. The van der Waals surface area contributed by atoms with E-state index in [9.17, 15) is 14.3 Å². The molecule has 1 spiro atoms. The largest absolute Gasteiger partial charge is 0.390 e. The van der Waals surface area contributed by atoms with E-state index in [-0.39, 0.29) is 5.91 Å². The third-order valence-corrected chi connectivity index (χ3v) is 4.23. The van der Waals surface area contributed by atoms with Crippen LogP contribution in [-0.4, -0.2) is 47.3 Å². The molecule has 1 N–H and O–H groups in total. The van der Waals surface area contributed by atoms with E-state index in [0.717, 1.165) is 12.8 Å². The van der Waals surface area contributed by atoms with E-state index in [4.69, 9.17) is 4.74 Å². The second-order valence-electron chi connectivity index (χ2n) is 5.56. The smallest absolute Gasteiger partial charge is 0.254 e. The molecule has 1 aromatic rings. The lowest BCUT2D eigenvalue weighted by Gasteiger charge is -2.43. The van der Waals surface area contributed by atoms with Crippen molar-refractivity contribution in [3.63, 3.8) is 0 Å². The Kier molecular flexibility index (Phi) is 3.48. The maximum atomic E-state index is 13.2. The number of ether oxygens (including phenoxy) is 1. The zero-order chi connectivity index (χ0) is 14.2. The number of carbonyl (C=O) groups is 1. The Morgan fingerprint density at radius 1 is 1.50 bits per heavy atom. The van der Waals surface area contributed by atoms with Gasteiger partial charge in [-0.3, -0.25) is 4.79 Å². The first-order valence-electron chi connectivity index (χ1n) is 6.98. The van der Waals surface area contributed by atoms with Gasteiger partial charge in [0.25, 0.3) is 5.91 Å². The van der Waals surface area contributed by atoms with Crippen LogP contribution in [0.15, 0.2) is 24.3 Å². The van der Waals surface area contributed by atoms with Gasteiger partial charge in [-0.1, -0.05) is 6.07 Å². The highest BCUT2D eigenvalue weighted by Gasteiger charge is 2.47. The maximum Gasteiger partial charge on any atom is 0.254 e. The molecule has 0 unspecified atom stereocenters. The van der Waals surface area contributed by atoms with Crippen molar-refractivity contribution in [2.45, 2.75) is 31.0 Å². The Hall–Kier alpha value is -1.46. The molecule has 20 heavy (non-hydrogen) atoms. The Morgan fingerprint density at radius 2 is 2.35 bits per heavy atom. The normalized spacial score (nSPS) is 29.9. The molecule has 2 aliphatic rings. The summed E-state index contributed by atoms with van der Waals surface area (Å²) in [5, 5.41) is 10.2. The van der Waals surface area contributed by atoms with Crippen molar-refractivity contribution in [2.75, 3.05) is 19.7 Å². The number of amides is 1. The molecule has 2 aliphatic heterocycles. The van der Waals surface area contributed by atoms with Gasteiger partial charge in [-0.2, -0.15) is 0 Å². The van der Waals surface area contributed by atoms with Crippen molar-refractivity contribution in [1.82, 2.24) is 4.90 Å². The summed E-state index contributed by atoms with van der Waals surface area (Å²) in [6.45, 7) is 1.48. The van der Waals surface area contributed by atoms with Crippen LogP contribution in [0.5, 0.6) is 0 Å². The number of rotatable bonds is 1. The average molecular weight is 279 g/mol. The van der Waals surface area contributed by atoms with Crippen LogP contribution in [0.4, 0.5) is 4.39 Å². The molecule has 0 radical (unpaired) electrons. The number of nitrogens with zero attached hydrogens (tertiary/aromatic N) is 1. The molecule has 1 aromatic carbocycles. The summed E-state index contributed by atoms with van der Waals surface area (Å²) in [5.74, 6) is -0.619. The standard InChI is InChI=1S/C15H18FNO3/c16-12-4-1-3-11(9-12)14(19)17-7-5-13(18)15(10-17)6-2-8-20-15/h1,3-4,9,13,18H,2,5-8,10H2/t13-,15-/m0/s1. The van der Waals surface area contributed by atoms with Gasteiger partial charge in [0, 0.05) is 18.7 Å². The van der Waals surface area contributed by atoms with E-state index in [1.807, 2.05) is 0 Å². The van der Waals surface area contributed by atoms with E-state index in [0.29, 0.717) is 31.7 Å². The van der Waals surface area contributed by atoms with Crippen LogP contribution in [0.25, 0.3) is 0 Å². The molecule has 0 saturated carbocycles. The summed E-state index contributed by atoms with van der Waals surface area (Å²) in [7, 11) is 0. The molecular weight excluding hydrogens is 261 g/mol. The summed E-state index contributed by atoms with van der Waals surface area (Å²) >= 11 is 0. The Morgan fingerprint density at radius 3 is 3.05 bits per heavy atom. The number of likely N-dealkylation sites (tertiary alicyclic amines) is 1. The molecule has 1 amide bonds. The highest BCUT2D eigenvalue weighted by molar-refractivity contribution is 5.94. The molecule has 2 fully saturated rings. The maximum absolute atomic E-state index is 13.2. The lowest BCUT2D eigenvalue weighted by Crippen LogP contribution is -2.57. The van der Waals surface area contributed by atoms with E-state index in [1.54, 1.807) is 11.0 Å². The third kappa shape index (κ3) is 2.31. The van der Waals surface area contributed by atoms with Crippen LogP contribution in [0, 0.1) is 5.82 Å². The van der Waals surface area contributed by atoms with E-state index < -0.39 is 17.5 Å². The van der Waals surface area contributed by atoms with Crippen molar-refractivity contribution in [1.29, 1.82) is 0 Å². The Bertz CT molecular complexity index is 514. The first-order valence-corrected chi connectivity index (χ1v) is 6.98. The van der Waals surface area contributed by atoms with Crippen LogP contribution in [-0.2, 0) is 4.74 Å². The molecule has 0 aromatic heterocycles. The van der Waals surface area contributed by atoms with Gasteiger partial charge in [0.15, 0.2) is 0 Å². The number of benzene rings is 1. The highest BCUT2D eigenvalue weighted by Crippen LogP contribution is 2.35. The van der Waals surface area contributed by atoms with Gasteiger partial charge >= 0.3 is 0 Å². The minimum atomic E-state index is -0.624. The van der Waals surface area contributed by atoms with Crippen molar-refractivity contribution < 1.29 is 19.0 Å². The predicted molar refractivity (Wildman–Crippen MR) is 70.8 cm³/mol. The topological polar surface area (TPSA) is 49.8 Å². The van der Waals surface area contributed by atoms with Gasteiger partial charge < -0.3 is 14.7 Å². The third-order valence-electron chi connectivity index (χ3n) is 4.23. The van der Waals surface area contributed by atoms with Gasteiger partial charge in [-0.25, -0.2) is 4.39 Å². The van der Waals surface area contributed by atoms with Crippen LogP contribution >= 0.6 is 0 Å². The van der Waals surface area contributed by atoms with E-state index in [1.165, 1.54) is 18.2 Å². The molecule has 2 atom stereocenters. The number of aliphatic hydroxyl groups is 1. The Labute approximate surface area is 117 Å². The summed E-state index contributed by atoms with van der Waals surface area (Å²) in [5.41, 5.74) is -0.282. The van der Waals surface area contributed by atoms with Crippen LogP contribution in [0.2, 0.25) is 0 Å². The van der Waals surface area contributed by atoms with Crippen molar-refractivity contribution in [3.05, 3.63) is 35.6 Å². The fraction of sp³-hybridized carbons (Fsp3) is 0.533. The molecule has 108 valence electrons. The molecule has 3 rings (SSSR count). The Balaban J connectivity index is 1.79. The molecule has 0 bridgehead atoms. The van der Waals surface area contributed by atoms with Gasteiger partial charge in [0.2, 0.25) is 0 Å². The van der Waals surface area contributed by atoms with Crippen molar-refractivity contribution >= 4 is 5.91 Å². The molecule has 4 nitrogen and oxygen atoms in total. The molecule has 2 heterocycles. The first-order chi connectivity index (χ1) is 9.61. The number of piperidine rings is 1. The summed E-state index contributed by atoms with van der Waals surface area (Å²) in [4.78, 5) is 14.1. The number of hydrogen-bond donors (Lipinski definition) is 1. The zero-order valence-corrected chi connectivity index (χ0v) is 11.2. The molecule has 5 heteroatoms. The average Bonchev–Trinajstić information content (AvgIpc) is 2.91. The second-order valence-corrected chi connectivity index (χ2v) is 5.56. The quantitative estimate of drug-likeness (QED) is 0.849. The number of hydrogen-bond acceptors (Lipinski definition) is 3.